The summed E-state index contributed by atoms with van der Waals surface area (Å²) >= 11 is 0. The summed E-state index contributed by atoms with van der Waals surface area (Å²) in [6.45, 7) is 2.00. The number of ketones is 1. The Morgan fingerprint density at radius 3 is 2.56 bits per heavy atom. The van der Waals surface area contributed by atoms with E-state index in [1.165, 1.54) is 0 Å². The van der Waals surface area contributed by atoms with E-state index in [0.717, 1.165) is 12.0 Å². The van der Waals surface area contributed by atoms with Crippen molar-refractivity contribution in [3.05, 3.63) is 35.9 Å². The molecular formula is C14H20O2. The molecule has 0 saturated carbocycles. The van der Waals surface area contributed by atoms with Crippen LogP contribution in [-0.2, 0) is 11.2 Å². The van der Waals surface area contributed by atoms with Gasteiger partial charge in [-0.1, -0.05) is 37.3 Å². The maximum Gasteiger partial charge on any atom is 0.132 e. The third kappa shape index (κ3) is 5.08. The van der Waals surface area contributed by atoms with Gasteiger partial charge in [0.2, 0.25) is 0 Å². The number of carbonyl (C=O) groups excluding carboxylic acids is 1. The molecule has 0 saturated heterocycles. The molecule has 1 aromatic carbocycles. The fourth-order valence-corrected chi connectivity index (χ4v) is 1.72. The summed E-state index contributed by atoms with van der Waals surface area (Å²) < 4.78 is 0. The van der Waals surface area contributed by atoms with Gasteiger partial charge in [-0.15, -0.1) is 0 Å². The molecule has 1 rings (SSSR count). The lowest BCUT2D eigenvalue weighted by atomic mass is 10.0. The zero-order chi connectivity index (χ0) is 11.8. The van der Waals surface area contributed by atoms with Crippen LogP contribution in [0, 0.1) is 0 Å². The first-order valence-corrected chi connectivity index (χ1v) is 5.96. The van der Waals surface area contributed by atoms with Crippen LogP contribution in [0.4, 0.5) is 0 Å². The molecule has 0 spiro atoms. The van der Waals surface area contributed by atoms with Crippen molar-refractivity contribution in [1.29, 1.82) is 0 Å². The number of Topliss-reactive ketones (excluding diaryl/α,β-unsaturated/α-hetero) is 1. The largest absolute Gasteiger partial charge is 0.393 e. The number of hydrogen-bond donors (Lipinski definition) is 1. The van der Waals surface area contributed by atoms with Gasteiger partial charge in [0.25, 0.3) is 0 Å². The minimum absolute atomic E-state index is 0.259. The first kappa shape index (κ1) is 12.9. The molecule has 16 heavy (non-hydrogen) atoms. The van der Waals surface area contributed by atoms with Gasteiger partial charge in [0, 0.05) is 12.8 Å². The molecule has 0 radical (unpaired) electrons. The lowest BCUT2D eigenvalue weighted by Gasteiger charge is -2.09. The minimum Gasteiger partial charge on any atom is -0.393 e. The molecule has 2 heteroatoms. The molecule has 0 aliphatic carbocycles. The monoisotopic (exact) mass is 220 g/mol. The lowest BCUT2D eigenvalue weighted by Crippen LogP contribution is -2.12. The Kier molecular flexibility index (Phi) is 5.79. The molecule has 0 aromatic heterocycles. The van der Waals surface area contributed by atoms with Crippen LogP contribution in [0.1, 0.15) is 38.2 Å². The number of hydrogen-bond acceptors (Lipinski definition) is 2. The summed E-state index contributed by atoms with van der Waals surface area (Å²) in [6.07, 6.45) is 2.85. The smallest absolute Gasteiger partial charge is 0.132 e. The Morgan fingerprint density at radius 2 is 1.94 bits per heavy atom. The maximum atomic E-state index is 11.3. The standard InChI is InChI=1S/C14H20O2/c1-2-6-13(15)9-10-14(16)11-12-7-4-3-5-8-12/h3-5,7-8,14,16H,2,6,9-11H2,1H3. The molecule has 1 unspecified atom stereocenters. The Morgan fingerprint density at radius 1 is 1.25 bits per heavy atom. The summed E-state index contributed by atoms with van der Waals surface area (Å²) in [7, 11) is 0. The fraction of sp³-hybridized carbons (Fsp3) is 0.500. The second-order valence-electron chi connectivity index (χ2n) is 4.17. The molecule has 1 N–H and O–H groups in total. The van der Waals surface area contributed by atoms with Crippen LogP contribution in [0.2, 0.25) is 0 Å². The van der Waals surface area contributed by atoms with E-state index in [1.807, 2.05) is 37.3 Å². The van der Waals surface area contributed by atoms with Crippen molar-refractivity contribution in [2.24, 2.45) is 0 Å². The zero-order valence-electron chi connectivity index (χ0n) is 9.86. The highest BCUT2D eigenvalue weighted by atomic mass is 16.3. The van der Waals surface area contributed by atoms with Crippen molar-refractivity contribution in [2.75, 3.05) is 0 Å². The van der Waals surface area contributed by atoms with E-state index in [0.29, 0.717) is 25.7 Å². The molecule has 0 fully saturated rings. The average Bonchev–Trinajstić information content (AvgIpc) is 2.28. The highest BCUT2D eigenvalue weighted by Gasteiger charge is 2.08. The van der Waals surface area contributed by atoms with Crippen molar-refractivity contribution in [3.8, 4) is 0 Å². The van der Waals surface area contributed by atoms with Crippen molar-refractivity contribution in [2.45, 2.75) is 45.1 Å². The highest BCUT2D eigenvalue weighted by Crippen LogP contribution is 2.08. The molecule has 2 nitrogen and oxygen atoms in total. The second-order valence-corrected chi connectivity index (χ2v) is 4.17. The van der Waals surface area contributed by atoms with Gasteiger partial charge in [0.1, 0.15) is 5.78 Å². The number of carbonyl (C=O) groups is 1. The van der Waals surface area contributed by atoms with Gasteiger partial charge in [-0.05, 0) is 24.8 Å². The van der Waals surface area contributed by atoms with E-state index >= 15 is 0 Å². The predicted octanol–water partition coefficient (Wildman–Crippen LogP) is 2.74. The SMILES string of the molecule is CCCC(=O)CCC(O)Cc1ccccc1. The third-order valence-corrected chi connectivity index (χ3v) is 2.60. The highest BCUT2D eigenvalue weighted by molar-refractivity contribution is 5.78. The molecule has 0 bridgehead atoms. The van der Waals surface area contributed by atoms with E-state index in [1.54, 1.807) is 0 Å². The lowest BCUT2D eigenvalue weighted by molar-refractivity contribution is -0.119. The minimum atomic E-state index is -0.400. The summed E-state index contributed by atoms with van der Waals surface area (Å²) in [4.78, 5) is 11.3. The first-order valence-electron chi connectivity index (χ1n) is 5.96. The Balaban J connectivity index is 2.26. The van der Waals surface area contributed by atoms with Crippen molar-refractivity contribution in [1.82, 2.24) is 0 Å². The van der Waals surface area contributed by atoms with Crippen molar-refractivity contribution >= 4 is 5.78 Å². The zero-order valence-corrected chi connectivity index (χ0v) is 9.86. The molecule has 88 valence electrons. The predicted molar refractivity (Wildman–Crippen MR) is 65.3 cm³/mol. The van der Waals surface area contributed by atoms with Gasteiger partial charge in [-0.25, -0.2) is 0 Å². The van der Waals surface area contributed by atoms with Gasteiger partial charge in [0.05, 0.1) is 6.10 Å². The average molecular weight is 220 g/mol. The van der Waals surface area contributed by atoms with Gasteiger partial charge >= 0.3 is 0 Å². The first-order chi connectivity index (χ1) is 7.72. The second kappa shape index (κ2) is 7.18. The van der Waals surface area contributed by atoms with Gasteiger partial charge in [-0.3, -0.25) is 4.79 Å². The van der Waals surface area contributed by atoms with E-state index in [4.69, 9.17) is 0 Å². The summed E-state index contributed by atoms with van der Waals surface area (Å²) in [5.41, 5.74) is 1.12. The molecule has 0 amide bonds. The maximum absolute atomic E-state index is 11.3. The van der Waals surface area contributed by atoms with Crippen LogP contribution >= 0.6 is 0 Å². The quantitative estimate of drug-likeness (QED) is 0.767. The normalized spacial score (nSPS) is 12.4. The Hall–Kier alpha value is -1.15. The number of rotatable bonds is 7. The third-order valence-electron chi connectivity index (χ3n) is 2.60. The molecule has 1 atom stereocenters. The fourth-order valence-electron chi connectivity index (χ4n) is 1.72. The Labute approximate surface area is 97.3 Å². The molecule has 0 aliphatic rings. The summed E-state index contributed by atoms with van der Waals surface area (Å²) in [5.74, 6) is 0.259. The molecule has 1 aromatic rings. The number of aliphatic hydroxyl groups excluding tert-OH is 1. The van der Waals surface area contributed by atoms with Crippen LogP contribution in [0.5, 0.6) is 0 Å². The van der Waals surface area contributed by atoms with E-state index in [9.17, 15) is 9.90 Å². The van der Waals surface area contributed by atoms with Crippen LogP contribution < -0.4 is 0 Å². The number of aliphatic hydroxyl groups is 1. The van der Waals surface area contributed by atoms with Crippen LogP contribution in [0.25, 0.3) is 0 Å². The Bertz CT molecular complexity index is 306. The molecular weight excluding hydrogens is 200 g/mol. The summed E-state index contributed by atoms with van der Waals surface area (Å²) in [6, 6.07) is 9.88. The topological polar surface area (TPSA) is 37.3 Å². The van der Waals surface area contributed by atoms with Crippen LogP contribution in [-0.4, -0.2) is 17.0 Å². The van der Waals surface area contributed by atoms with Crippen molar-refractivity contribution < 1.29 is 9.90 Å². The van der Waals surface area contributed by atoms with E-state index < -0.39 is 6.10 Å². The van der Waals surface area contributed by atoms with Crippen molar-refractivity contribution in [3.63, 3.8) is 0 Å². The molecule has 0 aliphatic heterocycles. The van der Waals surface area contributed by atoms with Gasteiger partial charge in [-0.2, -0.15) is 0 Å². The van der Waals surface area contributed by atoms with E-state index in [-0.39, 0.29) is 5.78 Å². The van der Waals surface area contributed by atoms with Crippen LogP contribution in [0.15, 0.2) is 30.3 Å². The van der Waals surface area contributed by atoms with Gasteiger partial charge in [0.15, 0.2) is 0 Å². The van der Waals surface area contributed by atoms with Crippen LogP contribution in [0.3, 0.4) is 0 Å². The molecule has 0 heterocycles. The van der Waals surface area contributed by atoms with Gasteiger partial charge < -0.3 is 5.11 Å². The summed E-state index contributed by atoms with van der Waals surface area (Å²) in [5, 5.41) is 9.77. The number of benzene rings is 1. The van der Waals surface area contributed by atoms with E-state index in [2.05, 4.69) is 0 Å².